The number of benzene rings is 2. The highest BCUT2D eigenvalue weighted by Crippen LogP contribution is 2.40. The third-order valence-corrected chi connectivity index (χ3v) is 3.86. The molecule has 0 aromatic heterocycles. The molecule has 0 bridgehead atoms. The number of ether oxygens (including phenoxy) is 1. The van der Waals surface area contributed by atoms with Crippen LogP contribution in [0.5, 0.6) is 5.75 Å². The van der Waals surface area contributed by atoms with Crippen LogP contribution >= 0.6 is 11.6 Å². The van der Waals surface area contributed by atoms with Crippen LogP contribution in [-0.4, -0.2) is 12.5 Å². The van der Waals surface area contributed by atoms with Crippen molar-refractivity contribution < 1.29 is 4.74 Å². The maximum absolute atomic E-state index is 5.92. The molecule has 0 saturated carbocycles. The van der Waals surface area contributed by atoms with Crippen LogP contribution < -0.4 is 4.74 Å². The van der Waals surface area contributed by atoms with E-state index in [1.165, 1.54) is 22.3 Å². The van der Waals surface area contributed by atoms with Crippen molar-refractivity contribution in [3.05, 3.63) is 53.6 Å². The number of hydrogen-bond donors (Lipinski definition) is 0. The molecule has 0 spiro atoms. The molecule has 2 aromatic carbocycles. The predicted octanol–water partition coefficient (Wildman–Crippen LogP) is 4.66. The number of unbranched alkanes of at least 4 members (excludes halogenated alkanes) is 1. The normalized spacial score (nSPS) is 12.1. The predicted molar refractivity (Wildman–Crippen MR) is 80.1 cm³/mol. The van der Waals surface area contributed by atoms with E-state index in [-0.39, 0.29) is 0 Å². The summed E-state index contributed by atoms with van der Waals surface area (Å²) in [5.74, 6) is 1.74. The fourth-order valence-corrected chi connectivity index (χ4v) is 2.83. The van der Waals surface area contributed by atoms with Crippen LogP contribution in [0.1, 0.15) is 24.0 Å². The van der Waals surface area contributed by atoms with Crippen LogP contribution in [0.4, 0.5) is 0 Å². The van der Waals surface area contributed by atoms with E-state index in [0.717, 1.165) is 31.6 Å². The molecule has 1 aliphatic carbocycles. The summed E-state index contributed by atoms with van der Waals surface area (Å²) >= 11 is 5.68. The number of halogens is 1. The average molecular weight is 273 g/mol. The zero-order valence-electron chi connectivity index (χ0n) is 10.9. The molecule has 0 radical (unpaired) electrons. The maximum atomic E-state index is 5.92. The molecule has 1 nitrogen and oxygen atoms in total. The molecule has 0 atom stereocenters. The molecular formula is C17H17ClO. The summed E-state index contributed by atoms with van der Waals surface area (Å²) in [4.78, 5) is 0. The van der Waals surface area contributed by atoms with Gasteiger partial charge in [0.25, 0.3) is 0 Å². The Morgan fingerprint density at radius 2 is 1.79 bits per heavy atom. The van der Waals surface area contributed by atoms with E-state index in [1.54, 1.807) is 0 Å². The van der Waals surface area contributed by atoms with Gasteiger partial charge < -0.3 is 4.74 Å². The first-order chi connectivity index (χ1) is 9.40. The molecule has 19 heavy (non-hydrogen) atoms. The van der Waals surface area contributed by atoms with E-state index < -0.39 is 0 Å². The van der Waals surface area contributed by atoms with Crippen molar-refractivity contribution in [2.24, 2.45) is 0 Å². The molecular weight excluding hydrogens is 256 g/mol. The van der Waals surface area contributed by atoms with Gasteiger partial charge in [0.15, 0.2) is 0 Å². The Kier molecular flexibility index (Phi) is 3.74. The Hall–Kier alpha value is -1.47. The first-order valence-corrected chi connectivity index (χ1v) is 7.32. The summed E-state index contributed by atoms with van der Waals surface area (Å²) < 4.78 is 5.92. The van der Waals surface area contributed by atoms with Gasteiger partial charge in [-0.15, -0.1) is 11.6 Å². The fourth-order valence-electron chi connectivity index (χ4n) is 2.64. The summed E-state index contributed by atoms with van der Waals surface area (Å²) in [6.45, 7) is 0.750. The summed E-state index contributed by atoms with van der Waals surface area (Å²) in [5.41, 5.74) is 5.40. The lowest BCUT2D eigenvalue weighted by atomic mass is 10.1. The molecule has 0 amide bonds. The van der Waals surface area contributed by atoms with Crippen molar-refractivity contribution in [3.8, 4) is 16.9 Å². The highest BCUT2D eigenvalue weighted by molar-refractivity contribution is 6.17. The van der Waals surface area contributed by atoms with E-state index >= 15 is 0 Å². The SMILES string of the molecule is ClCCCCOc1cccc2c1Cc1ccccc1-2. The molecule has 0 fully saturated rings. The van der Waals surface area contributed by atoms with E-state index in [2.05, 4.69) is 42.5 Å². The quantitative estimate of drug-likeness (QED) is 0.485. The summed E-state index contributed by atoms with van der Waals surface area (Å²) in [5, 5.41) is 0. The van der Waals surface area contributed by atoms with Crippen LogP contribution in [0.3, 0.4) is 0 Å². The average Bonchev–Trinajstić information content (AvgIpc) is 2.83. The van der Waals surface area contributed by atoms with Gasteiger partial charge in [0.2, 0.25) is 0 Å². The number of rotatable bonds is 5. The van der Waals surface area contributed by atoms with Gasteiger partial charge in [-0.25, -0.2) is 0 Å². The smallest absolute Gasteiger partial charge is 0.123 e. The number of alkyl halides is 1. The third-order valence-electron chi connectivity index (χ3n) is 3.59. The van der Waals surface area contributed by atoms with Crippen LogP contribution in [0.15, 0.2) is 42.5 Å². The van der Waals surface area contributed by atoms with Crippen molar-refractivity contribution in [2.75, 3.05) is 12.5 Å². The molecule has 0 N–H and O–H groups in total. The van der Waals surface area contributed by atoms with Crippen molar-refractivity contribution in [2.45, 2.75) is 19.3 Å². The molecule has 2 heteroatoms. The maximum Gasteiger partial charge on any atom is 0.123 e. The Labute approximate surface area is 119 Å². The third kappa shape index (κ3) is 2.48. The Morgan fingerprint density at radius 1 is 0.947 bits per heavy atom. The van der Waals surface area contributed by atoms with Crippen molar-refractivity contribution in [3.63, 3.8) is 0 Å². The zero-order valence-corrected chi connectivity index (χ0v) is 11.6. The number of fused-ring (bicyclic) bond motifs is 3. The number of hydrogen-bond acceptors (Lipinski definition) is 1. The minimum absolute atomic E-state index is 0.710. The molecule has 2 aromatic rings. The van der Waals surface area contributed by atoms with Gasteiger partial charge in [-0.05, 0) is 35.6 Å². The van der Waals surface area contributed by atoms with E-state index in [1.807, 2.05) is 0 Å². The molecule has 1 aliphatic rings. The Balaban J connectivity index is 1.82. The first-order valence-electron chi connectivity index (χ1n) is 6.79. The van der Waals surface area contributed by atoms with Gasteiger partial charge in [-0.1, -0.05) is 36.4 Å². The molecule has 0 saturated heterocycles. The van der Waals surface area contributed by atoms with Crippen LogP contribution in [-0.2, 0) is 6.42 Å². The second kappa shape index (κ2) is 5.66. The Morgan fingerprint density at radius 3 is 2.68 bits per heavy atom. The van der Waals surface area contributed by atoms with Gasteiger partial charge in [0, 0.05) is 17.9 Å². The van der Waals surface area contributed by atoms with Crippen molar-refractivity contribution in [1.29, 1.82) is 0 Å². The van der Waals surface area contributed by atoms with Crippen molar-refractivity contribution in [1.82, 2.24) is 0 Å². The molecule has 0 unspecified atom stereocenters. The minimum atomic E-state index is 0.710. The van der Waals surface area contributed by atoms with Gasteiger partial charge in [-0.2, -0.15) is 0 Å². The molecule has 98 valence electrons. The van der Waals surface area contributed by atoms with E-state index in [9.17, 15) is 0 Å². The van der Waals surface area contributed by atoms with E-state index in [0.29, 0.717) is 5.88 Å². The monoisotopic (exact) mass is 272 g/mol. The van der Waals surface area contributed by atoms with Crippen LogP contribution in [0.25, 0.3) is 11.1 Å². The zero-order chi connectivity index (χ0) is 13.1. The van der Waals surface area contributed by atoms with Gasteiger partial charge in [-0.3, -0.25) is 0 Å². The van der Waals surface area contributed by atoms with E-state index in [4.69, 9.17) is 16.3 Å². The molecule has 0 aliphatic heterocycles. The van der Waals surface area contributed by atoms with Gasteiger partial charge >= 0.3 is 0 Å². The highest BCUT2D eigenvalue weighted by atomic mass is 35.5. The van der Waals surface area contributed by atoms with Crippen LogP contribution in [0, 0.1) is 0 Å². The fraction of sp³-hybridized carbons (Fsp3) is 0.294. The van der Waals surface area contributed by atoms with Crippen molar-refractivity contribution >= 4 is 11.6 Å². The minimum Gasteiger partial charge on any atom is -0.493 e. The second-order valence-corrected chi connectivity index (χ2v) is 5.24. The van der Waals surface area contributed by atoms with Gasteiger partial charge in [0.05, 0.1) is 6.61 Å². The summed E-state index contributed by atoms with van der Waals surface area (Å²) in [6.07, 6.45) is 3.01. The lowest BCUT2D eigenvalue weighted by Gasteiger charge is -2.10. The first kappa shape index (κ1) is 12.6. The lowest BCUT2D eigenvalue weighted by molar-refractivity contribution is 0.307. The summed E-state index contributed by atoms with van der Waals surface area (Å²) in [7, 11) is 0. The topological polar surface area (TPSA) is 9.23 Å². The molecule has 0 heterocycles. The lowest BCUT2D eigenvalue weighted by Crippen LogP contribution is -2.00. The second-order valence-electron chi connectivity index (χ2n) is 4.86. The standard InChI is InChI=1S/C17H17ClO/c18-10-3-4-11-19-17-9-5-8-15-14-7-2-1-6-13(14)12-16(15)17/h1-2,5-9H,3-4,10-12H2. The Bertz CT molecular complexity index is 577. The van der Waals surface area contributed by atoms with Crippen LogP contribution in [0.2, 0.25) is 0 Å². The largest absolute Gasteiger partial charge is 0.493 e. The molecule has 3 rings (SSSR count). The summed E-state index contributed by atoms with van der Waals surface area (Å²) in [6, 6.07) is 14.9. The van der Waals surface area contributed by atoms with Gasteiger partial charge in [0.1, 0.15) is 5.75 Å². The highest BCUT2D eigenvalue weighted by Gasteiger charge is 2.20.